The highest BCUT2D eigenvalue weighted by Gasteiger charge is 2.13. The number of hydrogen-bond donors (Lipinski definition) is 2. The first kappa shape index (κ1) is 23.7. The number of benzene rings is 3. The monoisotopic (exact) mass is 487 g/mol. The number of thioether (sulfide) groups is 1. The summed E-state index contributed by atoms with van der Waals surface area (Å²) < 4.78 is 0. The summed E-state index contributed by atoms with van der Waals surface area (Å²) in [7, 11) is 0. The Bertz CT molecular complexity index is 1330. The van der Waals surface area contributed by atoms with Crippen LogP contribution in [0, 0.1) is 20.8 Å². The fourth-order valence-corrected chi connectivity index (χ4v) is 4.99. The van der Waals surface area contributed by atoms with Crippen molar-refractivity contribution < 1.29 is 9.59 Å². The van der Waals surface area contributed by atoms with Gasteiger partial charge in [0.1, 0.15) is 0 Å². The summed E-state index contributed by atoms with van der Waals surface area (Å²) in [5, 5.41) is 6.42. The van der Waals surface area contributed by atoms with Gasteiger partial charge in [-0.05, 0) is 51.1 Å². The maximum atomic E-state index is 12.5. The van der Waals surface area contributed by atoms with Crippen molar-refractivity contribution in [1.29, 1.82) is 0 Å². The zero-order chi connectivity index (χ0) is 24.1. The third-order valence-corrected chi connectivity index (χ3v) is 6.99. The topological polar surface area (TPSA) is 71.1 Å². The first-order valence-electron chi connectivity index (χ1n) is 10.8. The molecule has 7 heteroatoms. The van der Waals surface area contributed by atoms with Crippen LogP contribution in [0.5, 0.6) is 0 Å². The Kier molecular flexibility index (Phi) is 7.45. The molecule has 0 saturated heterocycles. The Labute approximate surface area is 207 Å². The molecule has 0 aliphatic rings. The predicted molar refractivity (Wildman–Crippen MR) is 142 cm³/mol. The zero-order valence-corrected chi connectivity index (χ0v) is 20.8. The van der Waals surface area contributed by atoms with Gasteiger partial charge in [-0.3, -0.25) is 9.59 Å². The standard InChI is InChI=1S/C27H25N3O2S2/c1-17-10-12-20(13-11-17)25-19(3)34-27(30-25)29-24(31)16-33-23-9-5-8-22(15-23)28-26(32)21-7-4-6-18(2)14-21/h4-15H,16H2,1-3H3,(H,28,32)(H,29,30,31). The molecule has 5 nitrogen and oxygen atoms in total. The van der Waals surface area contributed by atoms with E-state index in [1.54, 1.807) is 6.07 Å². The third-order valence-electron chi connectivity index (χ3n) is 5.11. The minimum absolute atomic E-state index is 0.122. The van der Waals surface area contributed by atoms with E-state index in [0.29, 0.717) is 16.4 Å². The van der Waals surface area contributed by atoms with Gasteiger partial charge in [0.05, 0.1) is 11.4 Å². The zero-order valence-electron chi connectivity index (χ0n) is 19.2. The van der Waals surface area contributed by atoms with E-state index in [9.17, 15) is 9.59 Å². The molecule has 0 bridgehead atoms. The smallest absolute Gasteiger partial charge is 0.255 e. The summed E-state index contributed by atoms with van der Waals surface area (Å²) in [5.41, 5.74) is 5.46. The van der Waals surface area contributed by atoms with Crippen molar-refractivity contribution in [3.05, 3.63) is 94.4 Å². The summed E-state index contributed by atoms with van der Waals surface area (Å²) in [6.45, 7) is 6.01. The average molecular weight is 488 g/mol. The predicted octanol–water partition coefficient (Wildman–Crippen LogP) is 6.72. The highest BCUT2D eigenvalue weighted by atomic mass is 32.2. The molecule has 34 heavy (non-hydrogen) atoms. The summed E-state index contributed by atoms with van der Waals surface area (Å²) in [5.74, 6) is -0.0381. The van der Waals surface area contributed by atoms with Gasteiger partial charge in [0.2, 0.25) is 5.91 Å². The van der Waals surface area contributed by atoms with Crippen LogP contribution in [0.4, 0.5) is 10.8 Å². The van der Waals surface area contributed by atoms with Crippen molar-refractivity contribution in [2.24, 2.45) is 0 Å². The van der Waals surface area contributed by atoms with E-state index in [1.807, 2.05) is 68.4 Å². The average Bonchev–Trinajstić information content (AvgIpc) is 3.18. The molecule has 0 aliphatic carbocycles. The molecule has 0 aliphatic heterocycles. The number of aromatic nitrogens is 1. The summed E-state index contributed by atoms with van der Waals surface area (Å²) in [6.07, 6.45) is 0. The van der Waals surface area contributed by atoms with Gasteiger partial charge < -0.3 is 10.6 Å². The number of amides is 2. The number of anilines is 2. The first-order chi connectivity index (χ1) is 16.4. The molecule has 3 aromatic carbocycles. The molecule has 0 fully saturated rings. The Morgan fingerprint density at radius 2 is 1.65 bits per heavy atom. The molecule has 0 spiro atoms. The minimum atomic E-state index is -0.160. The Morgan fingerprint density at radius 3 is 2.41 bits per heavy atom. The van der Waals surface area contributed by atoms with Crippen LogP contribution < -0.4 is 10.6 Å². The Balaban J connectivity index is 1.34. The third kappa shape index (κ3) is 6.12. The fourth-order valence-electron chi connectivity index (χ4n) is 3.39. The lowest BCUT2D eigenvalue weighted by Gasteiger charge is -2.08. The van der Waals surface area contributed by atoms with Gasteiger partial charge in [-0.15, -0.1) is 23.1 Å². The SMILES string of the molecule is Cc1ccc(-c2nc(NC(=O)CSc3cccc(NC(=O)c4cccc(C)c4)c3)sc2C)cc1. The molecule has 0 atom stereocenters. The van der Waals surface area contributed by atoms with Gasteiger partial charge >= 0.3 is 0 Å². The van der Waals surface area contributed by atoms with Gasteiger partial charge in [0.15, 0.2) is 5.13 Å². The number of rotatable bonds is 7. The maximum absolute atomic E-state index is 12.5. The van der Waals surface area contributed by atoms with Crippen molar-refractivity contribution in [2.45, 2.75) is 25.7 Å². The molecule has 4 rings (SSSR count). The lowest BCUT2D eigenvalue weighted by molar-refractivity contribution is -0.113. The number of hydrogen-bond acceptors (Lipinski definition) is 5. The van der Waals surface area contributed by atoms with E-state index in [4.69, 9.17) is 0 Å². The minimum Gasteiger partial charge on any atom is -0.322 e. The molecular formula is C27H25N3O2S2. The first-order valence-corrected chi connectivity index (χ1v) is 12.6. The molecule has 0 saturated carbocycles. The normalized spacial score (nSPS) is 10.7. The number of thiazole rings is 1. The van der Waals surface area contributed by atoms with Crippen LogP contribution in [0.1, 0.15) is 26.4 Å². The van der Waals surface area contributed by atoms with Gasteiger partial charge in [0.25, 0.3) is 5.91 Å². The number of carbonyl (C=O) groups excluding carboxylic acids is 2. The van der Waals surface area contributed by atoms with Crippen molar-refractivity contribution in [1.82, 2.24) is 4.98 Å². The van der Waals surface area contributed by atoms with Crippen LogP contribution in [0.2, 0.25) is 0 Å². The molecule has 2 N–H and O–H groups in total. The summed E-state index contributed by atoms with van der Waals surface area (Å²) in [6, 6.07) is 23.1. The molecule has 172 valence electrons. The summed E-state index contributed by atoms with van der Waals surface area (Å²) in [4.78, 5) is 31.6. The molecule has 0 radical (unpaired) electrons. The van der Waals surface area contributed by atoms with E-state index >= 15 is 0 Å². The second-order valence-electron chi connectivity index (χ2n) is 7.98. The van der Waals surface area contributed by atoms with Crippen molar-refractivity contribution in [2.75, 3.05) is 16.4 Å². The molecular weight excluding hydrogens is 462 g/mol. The fraction of sp³-hybridized carbons (Fsp3) is 0.148. The van der Waals surface area contributed by atoms with Crippen molar-refractivity contribution in [3.8, 4) is 11.3 Å². The van der Waals surface area contributed by atoms with Crippen LogP contribution in [0.15, 0.2) is 77.7 Å². The van der Waals surface area contributed by atoms with E-state index in [1.165, 1.54) is 28.7 Å². The van der Waals surface area contributed by atoms with E-state index in [2.05, 4.69) is 34.7 Å². The number of carbonyl (C=O) groups is 2. The summed E-state index contributed by atoms with van der Waals surface area (Å²) >= 11 is 2.88. The number of nitrogens with one attached hydrogen (secondary N) is 2. The lowest BCUT2D eigenvalue weighted by atomic mass is 10.1. The van der Waals surface area contributed by atoms with Crippen LogP contribution >= 0.6 is 23.1 Å². The van der Waals surface area contributed by atoms with E-state index < -0.39 is 0 Å². The molecule has 1 heterocycles. The van der Waals surface area contributed by atoms with Crippen molar-refractivity contribution >= 4 is 45.7 Å². The van der Waals surface area contributed by atoms with Crippen LogP contribution in [-0.4, -0.2) is 22.6 Å². The van der Waals surface area contributed by atoms with Crippen molar-refractivity contribution in [3.63, 3.8) is 0 Å². The highest BCUT2D eigenvalue weighted by Crippen LogP contribution is 2.31. The van der Waals surface area contributed by atoms with Gasteiger partial charge in [-0.1, -0.05) is 53.6 Å². The Morgan fingerprint density at radius 1 is 0.882 bits per heavy atom. The quantitative estimate of drug-likeness (QED) is 0.284. The van der Waals surface area contributed by atoms with Gasteiger partial charge in [-0.25, -0.2) is 4.98 Å². The molecule has 2 amide bonds. The van der Waals surface area contributed by atoms with E-state index in [0.717, 1.165) is 26.6 Å². The van der Waals surface area contributed by atoms with Gasteiger partial charge in [-0.2, -0.15) is 0 Å². The lowest BCUT2D eigenvalue weighted by Crippen LogP contribution is -2.14. The number of aryl methyl sites for hydroxylation is 3. The van der Waals surface area contributed by atoms with Crippen LogP contribution in [0.3, 0.4) is 0 Å². The molecule has 1 aromatic heterocycles. The highest BCUT2D eigenvalue weighted by molar-refractivity contribution is 8.00. The van der Waals surface area contributed by atoms with Crippen LogP contribution in [0.25, 0.3) is 11.3 Å². The largest absolute Gasteiger partial charge is 0.322 e. The second kappa shape index (κ2) is 10.7. The van der Waals surface area contributed by atoms with Crippen LogP contribution in [-0.2, 0) is 4.79 Å². The van der Waals surface area contributed by atoms with Gasteiger partial charge in [0, 0.05) is 26.6 Å². The second-order valence-corrected chi connectivity index (χ2v) is 10.2. The number of nitrogens with zero attached hydrogens (tertiary/aromatic N) is 1. The molecule has 0 unspecified atom stereocenters. The Hall–Kier alpha value is -3.42. The molecule has 4 aromatic rings. The van der Waals surface area contributed by atoms with E-state index in [-0.39, 0.29) is 17.6 Å². The maximum Gasteiger partial charge on any atom is 0.255 e.